The third-order valence-electron chi connectivity index (χ3n) is 3.45. The SMILES string of the molecule is O=C(COC(=O)c1ccc(Br)cc1)Nc1ccc2c(c1)OCCCO2. The molecule has 2 aromatic carbocycles. The van der Waals surface area contributed by atoms with Crippen molar-refractivity contribution in [3.8, 4) is 11.5 Å². The van der Waals surface area contributed by atoms with Gasteiger partial charge in [-0.05, 0) is 36.4 Å². The number of anilines is 1. The van der Waals surface area contributed by atoms with E-state index in [1.54, 1.807) is 42.5 Å². The van der Waals surface area contributed by atoms with Crippen molar-refractivity contribution < 1.29 is 23.8 Å². The van der Waals surface area contributed by atoms with Crippen LogP contribution in [0.5, 0.6) is 11.5 Å². The Kier molecular flexibility index (Phi) is 5.55. The molecule has 3 rings (SSSR count). The standard InChI is InChI=1S/C18H16BrNO5/c19-13-4-2-12(3-5-13)18(22)25-11-17(21)20-14-6-7-15-16(10-14)24-9-1-8-23-15/h2-7,10H,1,8-9,11H2,(H,20,21). The van der Waals surface area contributed by atoms with Crippen molar-refractivity contribution in [1.29, 1.82) is 0 Å². The maximum Gasteiger partial charge on any atom is 0.338 e. The molecule has 7 heteroatoms. The molecule has 1 amide bonds. The van der Waals surface area contributed by atoms with Crippen LogP contribution < -0.4 is 14.8 Å². The number of esters is 1. The predicted molar refractivity (Wildman–Crippen MR) is 95.1 cm³/mol. The second-order valence-corrected chi connectivity index (χ2v) is 6.26. The summed E-state index contributed by atoms with van der Waals surface area (Å²) in [6, 6.07) is 11.8. The largest absolute Gasteiger partial charge is 0.490 e. The average Bonchev–Trinajstić information content (AvgIpc) is 2.85. The number of hydrogen-bond acceptors (Lipinski definition) is 5. The van der Waals surface area contributed by atoms with Gasteiger partial charge >= 0.3 is 5.97 Å². The molecule has 0 fully saturated rings. The van der Waals surface area contributed by atoms with E-state index in [2.05, 4.69) is 21.2 Å². The minimum Gasteiger partial charge on any atom is -0.490 e. The Labute approximate surface area is 153 Å². The Morgan fingerprint density at radius 2 is 1.76 bits per heavy atom. The fraction of sp³-hybridized carbons (Fsp3) is 0.222. The molecule has 0 saturated heterocycles. The van der Waals surface area contributed by atoms with Gasteiger partial charge in [0.25, 0.3) is 5.91 Å². The highest BCUT2D eigenvalue weighted by atomic mass is 79.9. The van der Waals surface area contributed by atoms with E-state index >= 15 is 0 Å². The molecule has 0 unspecified atom stereocenters. The lowest BCUT2D eigenvalue weighted by Crippen LogP contribution is -2.20. The van der Waals surface area contributed by atoms with Crippen LogP contribution in [0.15, 0.2) is 46.9 Å². The molecule has 2 aromatic rings. The van der Waals surface area contributed by atoms with Crippen LogP contribution in [-0.4, -0.2) is 31.7 Å². The van der Waals surface area contributed by atoms with Crippen LogP contribution in [-0.2, 0) is 9.53 Å². The number of carbonyl (C=O) groups excluding carboxylic acids is 2. The number of ether oxygens (including phenoxy) is 3. The third-order valence-corrected chi connectivity index (χ3v) is 3.97. The quantitative estimate of drug-likeness (QED) is 0.788. The number of benzene rings is 2. The smallest absolute Gasteiger partial charge is 0.338 e. The van der Waals surface area contributed by atoms with Crippen LogP contribution in [0.1, 0.15) is 16.8 Å². The van der Waals surface area contributed by atoms with Gasteiger partial charge in [-0.1, -0.05) is 15.9 Å². The van der Waals surface area contributed by atoms with Crippen molar-refractivity contribution >= 4 is 33.5 Å². The molecular formula is C18H16BrNO5. The average molecular weight is 406 g/mol. The van der Waals surface area contributed by atoms with E-state index in [1.165, 1.54) is 0 Å². The number of fused-ring (bicyclic) bond motifs is 1. The lowest BCUT2D eigenvalue weighted by molar-refractivity contribution is -0.119. The van der Waals surface area contributed by atoms with Crippen molar-refractivity contribution in [2.24, 2.45) is 0 Å². The van der Waals surface area contributed by atoms with Gasteiger partial charge in [0.1, 0.15) is 0 Å². The second-order valence-electron chi connectivity index (χ2n) is 5.34. The monoisotopic (exact) mass is 405 g/mol. The van der Waals surface area contributed by atoms with Gasteiger partial charge in [0.2, 0.25) is 0 Å². The van der Waals surface area contributed by atoms with Crippen molar-refractivity contribution in [1.82, 2.24) is 0 Å². The number of halogens is 1. The maximum absolute atomic E-state index is 12.0. The molecule has 0 saturated carbocycles. The predicted octanol–water partition coefficient (Wildman–Crippen LogP) is 3.41. The number of rotatable bonds is 4. The normalized spacial score (nSPS) is 12.8. The molecule has 25 heavy (non-hydrogen) atoms. The van der Waals surface area contributed by atoms with E-state index in [1.807, 2.05) is 0 Å². The fourth-order valence-electron chi connectivity index (χ4n) is 2.24. The second kappa shape index (κ2) is 8.02. The molecule has 1 aliphatic heterocycles. The minimum atomic E-state index is -0.554. The Morgan fingerprint density at radius 3 is 2.52 bits per heavy atom. The van der Waals surface area contributed by atoms with Crippen molar-refractivity contribution in [2.45, 2.75) is 6.42 Å². The zero-order chi connectivity index (χ0) is 17.6. The Hall–Kier alpha value is -2.54. The summed E-state index contributed by atoms with van der Waals surface area (Å²) in [7, 11) is 0. The topological polar surface area (TPSA) is 73.9 Å². The summed E-state index contributed by atoms with van der Waals surface area (Å²) in [5, 5.41) is 2.67. The summed E-state index contributed by atoms with van der Waals surface area (Å²) in [5.41, 5.74) is 0.931. The van der Waals surface area contributed by atoms with Crippen molar-refractivity contribution in [2.75, 3.05) is 25.1 Å². The number of nitrogens with one attached hydrogen (secondary N) is 1. The first-order valence-electron chi connectivity index (χ1n) is 7.74. The third kappa shape index (κ3) is 4.73. The molecule has 0 aliphatic carbocycles. The Bertz CT molecular complexity index is 776. The van der Waals surface area contributed by atoms with E-state index in [0.29, 0.717) is 36.0 Å². The van der Waals surface area contributed by atoms with Gasteiger partial charge in [-0.25, -0.2) is 4.79 Å². The van der Waals surface area contributed by atoms with Gasteiger partial charge in [0.05, 0.1) is 18.8 Å². The van der Waals surface area contributed by atoms with E-state index in [-0.39, 0.29) is 6.61 Å². The summed E-state index contributed by atoms with van der Waals surface area (Å²) in [5.74, 6) is 0.251. The van der Waals surface area contributed by atoms with Crippen LogP contribution in [0.4, 0.5) is 5.69 Å². The molecule has 0 bridgehead atoms. The van der Waals surface area contributed by atoms with Crippen LogP contribution >= 0.6 is 15.9 Å². The first-order chi connectivity index (χ1) is 12.1. The van der Waals surface area contributed by atoms with Gasteiger partial charge in [-0.15, -0.1) is 0 Å². The minimum absolute atomic E-state index is 0.372. The highest BCUT2D eigenvalue weighted by Crippen LogP contribution is 2.32. The van der Waals surface area contributed by atoms with Gasteiger partial charge in [-0.3, -0.25) is 4.79 Å². The van der Waals surface area contributed by atoms with Crippen LogP contribution in [0.2, 0.25) is 0 Å². The van der Waals surface area contributed by atoms with E-state index in [4.69, 9.17) is 14.2 Å². The molecule has 0 atom stereocenters. The van der Waals surface area contributed by atoms with Crippen molar-refractivity contribution in [3.05, 3.63) is 52.5 Å². The van der Waals surface area contributed by atoms with Crippen LogP contribution in [0, 0.1) is 0 Å². The lowest BCUT2D eigenvalue weighted by atomic mass is 10.2. The van der Waals surface area contributed by atoms with E-state index in [9.17, 15) is 9.59 Å². The first-order valence-corrected chi connectivity index (χ1v) is 8.53. The van der Waals surface area contributed by atoms with Gasteiger partial charge < -0.3 is 19.5 Å². The molecular weight excluding hydrogens is 390 g/mol. The fourth-order valence-corrected chi connectivity index (χ4v) is 2.50. The summed E-state index contributed by atoms with van der Waals surface area (Å²) in [6.07, 6.45) is 0.808. The molecule has 0 radical (unpaired) electrons. The molecule has 130 valence electrons. The van der Waals surface area contributed by atoms with Crippen LogP contribution in [0.25, 0.3) is 0 Å². The number of amides is 1. The summed E-state index contributed by atoms with van der Waals surface area (Å²) in [6.45, 7) is 0.795. The molecule has 0 aromatic heterocycles. The zero-order valence-corrected chi connectivity index (χ0v) is 14.9. The van der Waals surface area contributed by atoms with E-state index < -0.39 is 11.9 Å². The molecule has 6 nitrogen and oxygen atoms in total. The lowest BCUT2D eigenvalue weighted by Gasteiger charge is -2.10. The molecule has 1 N–H and O–H groups in total. The summed E-state index contributed by atoms with van der Waals surface area (Å²) >= 11 is 3.29. The summed E-state index contributed by atoms with van der Waals surface area (Å²) < 4.78 is 17.0. The van der Waals surface area contributed by atoms with Gasteiger partial charge in [0.15, 0.2) is 18.1 Å². The Balaban J connectivity index is 1.55. The van der Waals surface area contributed by atoms with Gasteiger partial charge in [-0.2, -0.15) is 0 Å². The highest BCUT2D eigenvalue weighted by molar-refractivity contribution is 9.10. The summed E-state index contributed by atoms with van der Waals surface area (Å²) in [4.78, 5) is 23.9. The van der Waals surface area contributed by atoms with E-state index in [0.717, 1.165) is 10.9 Å². The Morgan fingerprint density at radius 1 is 1.04 bits per heavy atom. The highest BCUT2D eigenvalue weighted by Gasteiger charge is 2.13. The first kappa shape index (κ1) is 17.3. The molecule has 1 heterocycles. The molecule has 1 aliphatic rings. The number of carbonyl (C=O) groups is 2. The maximum atomic E-state index is 12.0. The van der Waals surface area contributed by atoms with Gasteiger partial charge in [0, 0.05) is 22.6 Å². The number of hydrogen-bond donors (Lipinski definition) is 1. The van der Waals surface area contributed by atoms with Crippen LogP contribution in [0.3, 0.4) is 0 Å². The van der Waals surface area contributed by atoms with Crippen molar-refractivity contribution in [3.63, 3.8) is 0 Å². The molecule has 0 spiro atoms. The zero-order valence-electron chi connectivity index (χ0n) is 13.3.